The van der Waals surface area contributed by atoms with Crippen LogP contribution in [-0.2, 0) is 6.54 Å². The Balaban J connectivity index is 1.30. The van der Waals surface area contributed by atoms with Crippen LogP contribution in [0.5, 0.6) is 0 Å². The molecule has 1 fully saturated rings. The molecule has 0 bridgehead atoms. The van der Waals surface area contributed by atoms with E-state index in [1.54, 1.807) is 0 Å². The Kier molecular flexibility index (Phi) is 6.04. The summed E-state index contributed by atoms with van der Waals surface area (Å²) in [6, 6.07) is 28.1. The summed E-state index contributed by atoms with van der Waals surface area (Å²) in [7, 11) is 0. The highest BCUT2D eigenvalue weighted by atomic mass is 16.1. The molecule has 0 aromatic heterocycles. The number of amides is 1. The predicted octanol–water partition coefficient (Wildman–Crippen LogP) is 4.09. The van der Waals surface area contributed by atoms with E-state index in [4.69, 9.17) is 0 Å². The molecule has 1 N–H and O–H groups in total. The monoisotopic (exact) mass is 380 g/mol. The fourth-order valence-corrected chi connectivity index (χ4v) is 3.58. The number of carbonyl (C=O) groups is 1. The van der Waals surface area contributed by atoms with Crippen LogP contribution in [0.2, 0.25) is 0 Å². The van der Waals surface area contributed by atoms with Crippen LogP contribution < -0.4 is 5.32 Å². The fraction of sp³-hybridized carbons (Fsp3) is 0.192. The Labute approximate surface area is 172 Å². The van der Waals surface area contributed by atoms with E-state index in [0.717, 1.165) is 37.2 Å². The molecule has 1 atom stereocenters. The number of nitrogens with zero attached hydrogens (tertiary/aromatic N) is 1. The first-order chi connectivity index (χ1) is 14.3. The molecule has 0 spiro atoms. The second-order valence-electron chi connectivity index (χ2n) is 7.37. The molecule has 3 aromatic rings. The van der Waals surface area contributed by atoms with Gasteiger partial charge in [-0.2, -0.15) is 0 Å². The fourth-order valence-electron chi connectivity index (χ4n) is 3.58. The maximum Gasteiger partial charge on any atom is 0.251 e. The largest absolute Gasteiger partial charge is 0.348 e. The summed E-state index contributed by atoms with van der Waals surface area (Å²) >= 11 is 0. The Bertz CT molecular complexity index is 1000. The summed E-state index contributed by atoms with van der Waals surface area (Å²) < 4.78 is 0. The van der Waals surface area contributed by atoms with Gasteiger partial charge in [0, 0.05) is 42.4 Å². The molecule has 0 saturated carbocycles. The first-order valence-corrected chi connectivity index (χ1v) is 10.0. The van der Waals surface area contributed by atoms with Crippen molar-refractivity contribution in [1.29, 1.82) is 0 Å². The Hall–Kier alpha value is -3.35. The minimum Gasteiger partial charge on any atom is -0.348 e. The standard InChI is InChI=1S/C26H24N2O/c29-26(27-25-17-18-28(20-25)19-23-9-5-2-6-10-23)24-15-13-22(14-16-24)12-11-21-7-3-1-4-8-21/h1-10,13-16,25H,17-20H2,(H,27,29). The van der Waals surface area contributed by atoms with Gasteiger partial charge >= 0.3 is 0 Å². The van der Waals surface area contributed by atoms with Crippen LogP contribution in [0.25, 0.3) is 0 Å². The van der Waals surface area contributed by atoms with Crippen LogP contribution in [-0.4, -0.2) is 29.9 Å². The lowest BCUT2D eigenvalue weighted by atomic mass is 10.1. The zero-order valence-corrected chi connectivity index (χ0v) is 16.3. The van der Waals surface area contributed by atoms with Crippen molar-refractivity contribution in [3.05, 3.63) is 107 Å². The molecule has 1 heterocycles. The number of benzene rings is 3. The van der Waals surface area contributed by atoms with Gasteiger partial charge < -0.3 is 5.32 Å². The normalized spacial score (nSPS) is 16.1. The van der Waals surface area contributed by atoms with E-state index >= 15 is 0 Å². The first-order valence-electron chi connectivity index (χ1n) is 10.0. The Morgan fingerprint density at radius 1 is 0.862 bits per heavy atom. The van der Waals surface area contributed by atoms with Crippen LogP contribution >= 0.6 is 0 Å². The van der Waals surface area contributed by atoms with Crippen molar-refractivity contribution in [1.82, 2.24) is 10.2 Å². The van der Waals surface area contributed by atoms with Crippen LogP contribution in [0.1, 0.15) is 33.5 Å². The molecule has 29 heavy (non-hydrogen) atoms. The molecule has 0 radical (unpaired) electrons. The lowest BCUT2D eigenvalue weighted by molar-refractivity contribution is 0.0937. The van der Waals surface area contributed by atoms with Crippen molar-refractivity contribution in [3.8, 4) is 11.8 Å². The number of hydrogen-bond acceptors (Lipinski definition) is 2. The molecular formula is C26H24N2O. The van der Waals surface area contributed by atoms with Crippen LogP contribution in [0.4, 0.5) is 0 Å². The van der Waals surface area contributed by atoms with Gasteiger partial charge in [0.2, 0.25) is 0 Å². The zero-order chi connectivity index (χ0) is 19.9. The van der Waals surface area contributed by atoms with E-state index in [2.05, 4.69) is 46.3 Å². The second kappa shape index (κ2) is 9.23. The molecule has 1 unspecified atom stereocenters. The SMILES string of the molecule is O=C(NC1CCN(Cc2ccccc2)C1)c1ccc(C#Cc2ccccc2)cc1. The highest BCUT2D eigenvalue weighted by Crippen LogP contribution is 2.14. The van der Waals surface area contributed by atoms with E-state index in [9.17, 15) is 4.79 Å². The third kappa shape index (κ3) is 5.34. The molecule has 1 saturated heterocycles. The van der Waals surface area contributed by atoms with Gasteiger partial charge in [0.15, 0.2) is 0 Å². The topological polar surface area (TPSA) is 32.3 Å². The van der Waals surface area contributed by atoms with E-state index in [1.165, 1.54) is 5.56 Å². The Morgan fingerprint density at radius 3 is 2.17 bits per heavy atom. The predicted molar refractivity (Wildman–Crippen MR) is 116 cm³/mol. The zero-order valence-electron chi connectivity index (χ0n) is 16.3. The minimum absolute atomic E-state index is 0.0147. The molecule has 3 aromatic carbocycles. The van der Waals surface area contributed by atoms with Gasteiger partial charge in [0.1, 0.15) is 0 Å². The highest BCUT2D eigenvalue weighted by molar-refractivity contribution is 5.94. The number of likely N-dealkylation sites (tertiary alicyclic amines) is 1. The molecule has 1 aliphatic heterocycles. The molecule has 3 nitrogen and oxygen atoms in total. The average Bonchev–Trinajstić information content (AvgIpc) is 3.20. The van der Waals surface area contributed by atoms with Crippen molar-refractivity contribution < 1.29 is 4.79 Å². The molecule has 3 heteroatoms. The second-order valence-corrected chi connectivity index (χ2v) is 7.37. The third-order valence-electron chi connectivity index (χ3n) is 5.13. The number of rotatable bonds is 4. The first kappa shape index (κ1) is 19.0. The van der Waals surface area contributed by atoms with E-state index in [0.29, 0.717) is 5.56 Å². The van der Waals surface area contributed by atoms with Crippen molar-refractivity contribution in [2.24, 2.45) is 0 Å². The van der Waals surface area contributed by atoms with Crippen molar-refractivity contribution in [3.63, 3.8) is 0 Å². The molecule has 1 aliphatic rings. The maximum absolute atomic E-state index is 12.6. The minimum atomic E-state index is -0.0147. The molecule has 0 aliphatic carbocycles. The Morgan fingerprint density at radius 2 is 1.48 bits per heavy atom. The van der Waals surface area contributed by atoms with Gasteiger partial charge in [-0.1, -0.05) is 60.4 Å². The third-order valence-corrected chi connectivity index (χ3v) is 5.13. The summed E-state index contributed by atoms with van der Waals surface area (Å²) in [5.41, 5.74) is 3.87. The van der Waals surface area contributed by atoms with Gasteiger partial charge in [0.05, 0.1) is 0 Å². The van der Waals surface area contributed by atoms with E-state index < -0.39 is 0 Å². The summed E-state index contributed by atoms with van der Waals surface area (Å²) in [4.78, 5) is 15.0. The lowest BCUT2D eigenvalue weighted by Gasteiger charge is -2.17. The summed E-state index contributed by atoms with van der Waals surface area (Å²) in [6.07, 6.45) is 0.985. The molecule has 1 amide bonds. The highest BCUT2D eigenvalue weighted by Gasteiger charge is 2.24. The van der Waals surface area contributed by atoms with Crippen molar-refractivity contribution in [2.45, 2.75) is 19.0 Å². The average molecular weight is 380 g/mol. The molecule has 4 rings (SSSR count). The van der Waals surface area contributed by atoms with Crippen LogP contribution in [0.3, 0.4) is 0 Å². The number of nitrogens with one attached hydrogen (secondary N) is 1. The number of hydrogen-bond donors (Lipinski definition) is 1. The van der Waals surface area contributed by atoms with Crippen LogP contribution in [0.15, 0.2) is 84.9 Å². The molecular weight excluding hydrogens is 356 g/mol. The van der Waals surface area contributed by atoms with Crippen molar-refractivity contribution >= 4 is 5.91 Å². The summed E-state index contributed by atoms with van der Waals surface area (Å²) in [5.74, 6) is 6.26. The molecule has 144 valence electrons. The summed E-state index contributed by atoms with van der Waals surface area (Å²) in [6.45, 7) is 2.83. The lowest BCUT2D eigenvalue weighted by Crippen LogP contribution is -2.36. The quantitative estimate of drug-likeness (QED) is 0.692. The van der Waals surface area contributed by atoms with Crippen molar-refractivity contribution in [2.75, 3.05) is 13.1 Å². The van der Waals surface area contributed by atoms with E-state index in [-0.39, 0.29) is 11.9 Å². The van der Waals surface area contributed by atoms with Crippen LogP contribution in [0, 0.1) is 11.8 Å². The van der Waals surface area contributed by atoms with Gasteiger partial charge in [-0.15, -0.1) is 0 Å². The maximum atomic E-state index is 12.6. The van der Waals surface area contributed by atoms with Gasteiger partial charge in [-0.05, 0) is 48.4 Å². The van der Waals surface area contributed by atoms with Gasteiger partial charge in [-0.3, -0.25) is 9.69 Å². The van der Waals surface area contributed by atoms with Gasteiger partial charge in [-0.25, -0.2) is 0 Å². The number of carbonyl (C=O) groups excluding carboxylic acids is 1. The smallest absolute Gasteiger partial charge is 0.251 e. The summed E-state index contributed by atoms with van der Waals surface area (Å²) in [5, 5.41) is 3.17. The van der Waals surface area contributed by atoms with Gasteiger partial charge in [0.25, 0.3) is 5.91 Å². The van der Waals surface area contributed by atoms with E-state index in [1.807, 2.05) is 60.7 Å².